The number of nitrogens with zero attached hydrogens (tertiary/aromatic N) is 3. The van der Waals surface area contributed by atoms with Crippen molar-refractivity contribution in [1.82, 2.24) is 14.8 Å². The Morgan fingerprint density at radius 3 is 2.46 bits per heavy atom. The summed E-state index contributed by atoms with van der Waals surface area (Å²) in [5.74, 6) is 0.0535. The summed E-state index contributed by atoms with van der Waals surface area (Å²) < 4.78 is 1.75. The molecule has 0 aliphatic rings. The Bertz CT molecular complexity index is 787. The van der Waals surface area contributed by atoms with Crippen LogP contribution in [0.4, 0.5) is 5.95 Å². The van der Waals surface area contributed by atoms with Gasteiger partial charge in [0, 0.05) is 0 Å². The van der Waals surface area contributed by atoms with E-state index in [9.17, 15) is 9.90 Å². The number of benzene rings is 2. The van der Waals surface area contributed by atoms with Crippen LogP contribution in [0, 0.1) is 0 Å². The average molecular weight is 322 g/mol. The van der Waals surface area contributed by atoms with Crippen LogP contribution in [0.25, 0.3) is 0 Å². The molecule has 0 bridgehead atoms. The average Bonchev–Trinajstić information content (AvgIpc) is 3.03. The first-order valence-electron chi connectivity index (χ1n) is 7.67. The van der Waals surface area contributed by atoms with E-state index in [1.807, 2.05) is 48.5 Å². The Kier molecular flexibility index (Phi) is 4.98. The lowest BCUT2D eigenvalue weighted by Crippen LogP contribution is -2.18. The summed E-state index contributed by atoms with van der Waals surface area (Å²) in [6.07, 6.45) is 0.676. The number of anilines is 1. The smallest absolute Gasteiger partial charge is 0.231 e. The van der Waals surface area contributed by atoms with E-state index in [1.54, 1.807) is 23.0 Å². The van der Waals surface area contributed by atoms with Crippen molar-refractivity contribution in [3.8, 4) is 0 Å². The highest BCUT2D eigenvalue weighted by Crippen LogP contribution is 2.17. The van der Waals surface area contributed by atoms with Crippen molar-refractivity contribution in [1.29, 1.82) is 0 Å². The fourth-order valence-electron chi connectivity index (χ4n) is 2.39. The number of hydrogen-bond acceptors (Lipinski definition) is 4. The number of aromatic nitrogens is 3. The van der Waals surface area contributed by atoms with Gasteiger partial charge in [0.1, 0.15) is 6.33 Å². The van der Waals surface area contributed by atoms with Gasteiger partial charge in [-0.2, -0.15) is 0 Å². The van der Waals surface area contributed by atoms with E-state index in [4.69, 9.17) is 0 Å². The van der Waals surface area contributed by atoms with Crippen LogP contribution in [0.15, 0.2) is 67.0 Å². The van der Waals surface area contributed by atoms with Crippen molar-refractivity contribution in [3.05, 3.63) is 78.1 Å². The fourth-order valence-corrected chi connectivity index (χ4v) is 2.39. The summed E-state index contributed by atoms with van der Waals surface area (Å²) in [6.45, 7) is 0.560. The van der Waals surface area contributed by atoms with Crippen LogP contribution in [-0.4, -0.2) is 25.8 Å². The van der Waals surface area contributed by atoms with Crippen molar-refractivity contribution >= 4 is 11.9 Å². The van der Waals surface area contributed by atoms with Gasteiger partial charge >= 0.3 is 0 Å². The van der Waals surface area contributed by atoms with Gasteiger partial charge in [-0.05, 0) is 11.1 Å². The maximum Gasteiger partial charge on any atom is 0.231 e. The molecule has 3 rings (SSSR count). The molecule has 0 saturated heterocycles. The van der Waals surface area contributed by atoms with Gasteiger partial charge in [-0.1, -0.05) is 60.7 Å². The fraction of sp³-hybridized carbons (Fsp3) is 0.167. The molecule has 1 unspecified atom stereocenters. The minimum atomic E-state index is -0.850. The number of rotatable bonds is 6. The van der Waals surface area contributed by atoms with Crippen molar-refractivity contribution in [2.75, 3.05) is 5.32 Å². The summed E-state index contributed by atoms with van der Waals surface area (Å²) in [5, 5.41) is 20.6. The molecule has 6 nitrogen and oxygen atoms in total. The molecular formula is C18H18N4O2. The second-order valence-electron chi connectivity index (χ2n) is 5.45. The Morgan fingerprint density at radius 1 is 1.08 bits per heavy atom. The van der Waals surface area contributed by atoms with Gasteiger partial charge in [-0.25, -0.2) is 0 Å². The third-order valence-electron chi connectivity index (χ3n) is 3.63. The van der Waals surface area contributed by atoms with Gasteiger partial charge in [0.2, 0.25) is 11.9 Å². The van der Waals surface area contributed by atoms with E-state index in [0.29, 0.717) is 18.1 Å². The van der Waals surface area contributed by atoms with Gasteiger partial charge in [0.05, 0.1) is 19.1 Å². The quantitative estimate of drug-likeness (QED) is 0.730. The Hall–Kier alpha value is -2.99. The van der Waals surface area contributed by atoms with Gasteiger partial charge in [0.25, 0.3) is 0 Å². The van der Waals surface area contributed by atoms with Crippen LogP contribution < -0.4 is 5.32 Å². The van der Waals surface area contributed by atoms with Crippen LogP contribution in [0.5, 0.6) is 0 Å². The van der Waals surface area contributed by atoms with Crippen molar-refractivity contribution in [3.63, 3.8) is 0 Å². The summed E-state index contributed by atoms with van der Waals surface area (Å²) in [7, 11) is 0. The zero-order valence-corrected chi connectivity index (χ0v) is 13.0. The molecular weight excluding hydrogens is 304 g/mol. The third-order valence-corrected chi connectivity index (χ3v) is 3.63. The molecule has 2 N–H and O–H groups in total. The molecule has 0 aliphatic carbocycles. The molecule has 2 aromatic carbocycles. The molecule has 3 aromatic rings. The van der Waals surface area contributed by atoms with E-state index in [2.05, 4.69) is 15.5 Å². The molecule has 1 amide bonds. The zero-order valence-electron chi connectivity index (χ0n) is 13.0. The van der Waals surface area contributed by atoms with Gasteiger partial charge in [0.15, 0.2) is 0 Å². The lowest BCUT2D eigenvalue weighted by molar-refractivity contribution is -0.118. The molecule has 1 aromatic heterocycles. The Morgan fingerprint density at radius 2 is 1.75 bits per heavy atom. The molecule has 0 fully saturated rings. The first-order chi connectivity index (χ1) is 11.7. The Balaban J connectivity index is 1.62. The topological polar surface area (TPSA) is 80.0 Å². The first-order valence-corrected chi connectivity index (χ1v) is 7.67. The second-order valence-corrected chi connectivity index (χ2v) is 5.45. The summed E-state index contributed by atoms with van der Waals surface area (Å²) in [5.41, 5.74) is 1.79. The van der Waals surface area contributed by atoms with Crippen LogP contribution >= 0.6 is 0 Å². The SMILES string of the molecule is O=C(CC(O)c1ccccc1)Nc1nncn1Cc1ccccc1. The normalized spacial score (nSPS) is 11.9. The van der Waals surface area contributed by atoms with Gasteiger partial charge < -0.3 is 5.11 Å². The zero-order chi connectivity index (χ0) is 16.8. The van der Waals surface area contributed by atoms with E-state index in [1.165, 1.54) is 0 Å². The predicted molar refractivity (Wildman–Crippen MR) is 90.2 cm³/mol. The van der Waals surface area contributed by atoms with Crippen molar-refractivity contribution < 1.29 is 9.90 Å². The van der Waals surface area contributed by atoms with Gasteiger partial charge in [-0.3, -0.25) is 14.7 Å². The maximum atomic E-state index is 12.1. The molecule has 1 atom stereocenters. The number of carbonyl (C=O) groups is 1. The number of aliphatic hydroxyl groups excluding tert-OH is 1. The number of amides is 1. The summed E-state index contributed by atoms with van der Waals surface area (Å²) in [4.78, 5) is 12.1. The highest BCUT2D eigenvalue weighted by Gasteiger charge is 2.15. The molecule has 0 saturated carbocycles. The minimum Gasteiger partial charge on any atom is -0.388 e. The predicted octanol–water partition coefficient (Wildman–Crippen LogP) is 2.39. The summed E-state index contributed by atoms with van der Waals surface area (Å²) >= 11 is 0. The second kappa shape index (κ2) is 7.52. The largest absolute Gasteiger partial charge is 0.388 e. The standard InChI is InChI=1S/C18H18N4O2/c23-16(15-9-5-2-6-10-15)11-17(24)20-18-21-19-13-22(18)12-14-7-3-1-4-8-14/h1-10,13,16,23H,11-12H2,(H,20,21,24). The maximum absolute atomic E-state index is 12.1. The van der Waals surface area contributed by atoms with E-state index >= 15 is 0 Å². The molecule has 1 heterocycles. The van der Waals surface area contributed by atoms with Crippen LogP contribution in [0.3, 0.4) is 0 Å². The van der Waals surface area contributed by atoms with Crippen LogP contribution in [-0.2, 0) is 11.3 Å². The summed E-state index contributed by atoms with van der Waals surface area (Å²) in [6, 6.07) is 18.9. The first kappa shape index (κ1) is 15.9. The lowest BCUT2D eigenvalue weighted by Gasteiger charge is -2.11. The number of nitrogens with one attached hydrogen (secondary N) is 1. The Labute approximate surface area is 139 Å². The minimum absolute atomic E-state index is 0.0395. The monoisotopic (exact) mass is 322 g/mol. The molecule has 0 spiro atoms. The molecule has 24 heavy (non-hydrogen) atoms. The molecule has 6 heteroatoms. The van der Waals surface area contributed by atoms with E-state index < -0.39 is 6.10 Å². The van der Waals surface area contributed by atoms with Crippen molar-refractivity contribution in [2.24, 2.45) is 0 Å². The lowest BCUT2D eigenvalue weighted by atomic mass is 10.1. The van der Waals surface area contributed by atoms with Crippen molar-refractivity contribution in [2.45, 2.75) is 19.1 Å². The van der Waals surface area contributed by atoms with Crippen LogP contribution in [0.1, 0.15) is 23.7 Å². The molecule has 0 radical (unpaired) electrons. The molecule has 0 aliphatic heterocycles. The highest BCUT2D eigenvalue weighted by atomic mass is 16.3. The number of aliphatic hydroxyl groups is 1. The number of hydrogen-bond donors (Lipinski definition) is 2. The molecule has 122 valence electrons. The third kappa shape index (κ3) is 4.05. The van der Waals surface area contributed by atoms with Gasteiger partial charge in [-0.15, -0.1) is 10.2 Å². The van der Waals surface area contributed by atoms with E-state index in [-0.39, 0.29) is 12.3 Å². The highest BCUT2D eigenvalue weighted by molar-refractivity contribution is 5.89. The van der Waals surface area contributed by atoms with E-state index in [0.717, 1.165) is 5.56 Å². The van der Waals surface area contributed by atoms with Crippen LogP contribution in [0.2, 0.25) is 0 Å². The number of carbonyl (C=O) groups excluding carboxylic acids is 1.